The van der Waals surface area contributed by atoms with Crippen LogP contribution >= 0.6 is 0 Å². The van der Waals surface area contributed by atoms with Crippen LogP contribution < -0.4 is 5.32 Å². The Kier molecular flexibility index (Phi) is 7.18. The van der Waals surface area contributed by atoms with Crippen molar-refractivity contribution in [3.8, 4) is 0 Å². The van der Waals surface area contributed by atoms with Crippen LogP contribution in [0.5, 0.6) is 0 Å². The van der Waals surface area contributed by atoms with E-state index in [1.165, 1.54) is 0 Å². The Bertz CT molecular complexity index is 387. The minimum absolute atomic E-state index is 0.196. The molecule has 21 heavy (non-hydrogen) atoms. The molecule has 0 heterocycles. The molecule has 0 unspecified atom stereocenters. The first-order chi connectivity index (χ1) is 9.56. The van der Waals surface area contributed by atoms with E-state index in [4.69, 9.17) is 9.84 Å². The molecule has 0 rings (SSSR count). The second-order valence-electron chi connectivity index (χ2n) is 5.97. The average molecular weight is 303 g/mol. The summed E-state index contributed by atoms with van der Waals surface area (Å²) >= 11 is 0. The number of carbonyl (C=O) groups excluding carboxylic acids is 1. The Hall–Kier alpha value is -1.79. The van der Waals surface area contributed by atoms with Crippen LogP contribution in [0, 0.1) is 5.41 Å². The molecule has 0 aromatic rings. The zero-order valence-electron chi connectivity index (χ0n) is 13.1. The van der Waals surface area contributed by atoms with Gasteiger partial charge in [-0.25, -0.2) is 9.59 Å². The summed E-state index contributed by atoms with van der Waals surface area (Å²) in [5.41, 5.74) is -2.58. The van der Waals surface area contributed by atoms with Crippen molar-refractivity contribution in [2.24, 2.45) is 5.41 Å². The number of rotatable bonds is 8. The first-order valence-corrected chi connectivity index (χ1v) is 6.97. The van der Waals surface area contributed by atoms with Crippen LogP contribution in [0.2, 0.25) is 0 Å². The van der Waals surface area contributed by atoms with E-state index >= 15 is 0 Å². The molecule has 3 N–H and O–H groups in total. The number of carboxylic acids is 2. The minimum atomic E-state index is -1.70. The maximum absolute atomic E-state index is 11.8. The number of ether oxygens (including phenoxy) is 1. The molecule has 7 heteroatoms. The zero-order valence-corrected chi connectivity index (χ0v) is 13.1. The summed E-state index contributed by atoms with van der Waals surface area (Å²) in [5, 5.41) is 20.7. The third-order valence-electron chi connectivity index (χ3n) is 3.41. The third kappa shape index (κ3) is 5.61. The number of amides is 1. The summed E-state index contributed by atoms with van der Waals surface area (Å²) in [6, 6.07) is 0. The van der Waals surface area contributed by atoms with Gasteiger partial charge in [-0.1, -0.05) is 34.1 Å². The van der Waals surface area contributed by atoms with E-state index in [0.29, 0.717) is 6.42 Å². The van der Waals surface area contributed by atoms with Gasteiger partial charge in [0.2, 0.25) is 0 Å². The molecule has 0 bridgehead atoms. The lowest BCUT2D eigenvalue weighted by atomic mass is 9.71. The fourth-order valence-corrected chi connectivity index (χ4v) is 1.92. The van der Waals surface area contributed by atoms with Crippen LogP contribution in [0.4, 0.5) is 4.79 Å². The SMILES string of the molecule is CCCCOC(=O)N[C@@](CCC(=O)O)(C(=O)O)C(C)(C)C. The monoisotopic (exact) mass is 303 g/mol. The van der Waals surface area contributed by atoms with Crippen LogP contribution in [0.25, 0.3) is 0 Å². The van der Waals surface area contributed by atoms with Gasteiger partial charge in [0.05, 0.1) is 6.61 Å². The van der Waals surface area contributed by atoms with Gasteiger partial charge in [0.1, 0.15) is 5.54 Å². The van der Waals surface area contributed by atoms with Crippen molar-refractivity contribution in [1.29, 1.82) is 0 Å². The Morgan fingerprint density at radius 1 is 1.14 bits per heavy atom. The lowest BCUT2D eigenvalue weighted by molar-refractivity contribution is -0.151. The molecule has 1 amide bonds. The summed E-state index contributed by atoms with van der Waals surface area (Å²) in [4.78, 5) is 34.2. The van der Waals surface area contributed by atoms with Gasteiger partial charge in [-0.05, 0) is 18.3 Å². The Morgan fingerprint density at radius 2 is 1.71 bits per heavy atom. The molecule has 0 aliphatic carbocycles. The minimum Gasteiger partial charge on any atom is -0.481 e. The van der Waals surface area contributed by atoms with Crippen LogP contribution in [0.1, 0.15) is 53.4 Å². The molecule has 0 radical (unpaired) electrons. The molecule has 1 atom stereocenters. The lowest BCUT2D eigenvalue weighted by Gasteiger charge is -2.41. The molecule has 7 nitrogen and oxygen atoms in total. The van der Waals surface area contributed by atoms with E-state index < -0.39 is 29.0 Å². The highest BCUT2D eigenvalue weighted by molar-refractivity contribution is 5.86. The van der Waals surface area contributed by atoms with E-state index in [0.717, 1.165) is 6.42 Å². The molecule has 0 aromatic heterocycles. The summed E-state index contributed by atoms with van der Waals surface area (Å²) < 4.78 is 4.93. The Balaban J connectivity index is 5.14. The molecular weight excluding hydrogens is 278 g/mol. The quantitative estimate of drug-likeness (QED) is 0.593. The third-order valence-corrected chi connectivity index (χ3v) is 3.41. The molecule has 0 fully saturated rings. The number of alkyl carbamates (subject to hydrolysis) is 1. The fraction of sp³-hybridized carbons (Fsp3) is 0.786. The van der Waals surface area contributed by atoms with E-state index in [9.17, 15) is 19.5 Å². The van der Waals surface area contributed by atoms with Crippen molar-refractivity contribution >= 4 is 18.0 Å². The molecular formula is C14H25NO6. The van der Waals surface area contributed by atoms with E-state index in [1.54, 1.807) is 20.8 Å². The summed E-state index contributed by atoms with van der Waals surface area (Å²) in [5.74, 6) is -2.39. The smallest absolute Gasteiger partial charge is 0.408 e. The second-order valence-corrected chi connectivity index (χ2v) is 5.97. The molecule has 0 saturated heterocycles. The molecule has 0 spiro atoms. The summed E-state index contributed by atoms with van der Waals surface area (Å²) in [6.07, 6.45) is 0.0996. The highest BCUT2D eigenvalue weighted by Crippen LogP contribution is 2.35. The van der Waals surface area contributed by atoms with Crippen molar-refractivity contribution in [2.45, 2.75) is 58.9 Å². The van der Waals surface area contributed by atoms with Crippen LogP contribution in [-0.4, -0.2) is 40.4 Å². The zero-order chi connectivity index (χ0) is 16.7. The average Bonchev–Trinajstić information content (AvgIpc) is 2.32. The van der Waals surface area contributed by atoms with Crippen LogP contribution in [-0.2, 0) is 14.3 Å². The summed E-state index contributed by atoms with van der Waals surface area (Å²) in [6.45, 7) is 7.03. The van der Waals surface area contributed by atoms with Gasteiger partial charge in [0.15, 0.2) is 0 Å². The predicted molar refractivity (Wildman–Crippen MR) is 76.1 cm³/mol. The maximum Gasteiger partial charge on any atom is 0.408 e. The molecule has 0 aromatic carbocycles. The molecule has 122 valence electrons. The normalized spacial score (nSPS) is 14.1. The number of hydrogen-bond donors (Lipinski definition) is 3. The van der Waals surface area contributed by atoms with Crippen LogP contribution in [0.15, 0.2) is 0 Å². The largest absolute Gasteiger partial charge is 0.481 e. The van der Waals surface area contributed by atoms with Gasteiger partial charge < -0.3 is 20.3 Å². The number of unbranched alkanes of at least 4 members (excludes halogenated alkanes) is 1. The molecule has 0 saturated carbocycles. The van der Waals surface area contributed by atoms with Crippen molar-refractivity contribution in [3.63, 3.8) is 0 Å². The van der Waals surface area contributed by atoms with Gasteiger partial charge in [0, 0.05) is 6.42 Å². The van der Waals surface area contributed by atoms with Gasteiger partial charge in [0.25, 0.3) is 0 Å². The number of carbonyl (C=O) groups is 3. The first-order valence-electron chi connectivity index (χ1n) is 6.97. The van der Waals surface area contributed by atoms with Crippen molar-refractivity contribution in [2.75, 3.05) is 6.61 Å². The number of aliphatic carboxylic acids is 2. The van der Waals surface area contributed by atoms with Gasteiger partial charge in [-0.2, -0.15) is 0 Å². The van der Waals surface area contributed by atoms with Gasteiger partial charge in [-0.3, -0.25) is 4.79 Å². The number of carboxylic acid groups (broad SMARTS) is 2. The second kappa shape index (κ2) is 7.85. The van der Waals surface area contributed by atoms with Gasteiger partial charge in [-0.15, -0.1) is 0 Å². The lowest BCUT2D eigenvalue weighted by Crippen LogP contribution is -2.62. The predicted octanol–water partition coefficient (Wildman–Crippen LogP) is 2.25. The van der Waals surface area contributed by atoms with E-state index in [2.05, 4.69) is 5.32 Å². The highest BCUT2D eigenvalue weighted by atomic mass is 16.5. The maximum atomic E-state index is 11.8. The van der Waals surface area contributed by atoms with Crippen molar-refractivity contribution in [3.05, 3.63) is 0 Å². The van der Waals surface area contributed by atoms with E-state index in [-0.39, 0.29) is 19.4 Å². The number of nitrogens with one attached hydrogen (secondary N) is 1. The van der Waals surface area contributed by atoms with Crippen molar-refractivity contribution < 1.29 is 29.3 Å². The fourth-order valence-electron chi connectivity index (χ4n) is 1.92. The Labute approximate surface area is 124 Å². The van der Waals surface area contributed by atoms with Crippen LogP contribution in [0.3, 0.4) is 0 Å². The Morgan fingerprint density at radius 3 is 2.10 bits per heavy atom. The van der Waals surface area contributed by atoms with Crippen molar-refractivity contribution in [1.82, 2.24) is 5.32 Å². The van der Waals surface area contributed by atoms with Gasteiger partial charge >= 0.3 is 18.0 Å². The molecule has 0 aliphatic rings. The first kappa shape index (κ1) is 19.2. The highest BCUT2D eigenvalue weighted by Gasteiger charge is 2.50. The molecule has 0 aliphatic heterocycles. The summed E-state index contributed by atoms with van der Waals surface area (Å²) in [7, 11) is 0. The van der Waals surface area contributed by atoms with E-state index in [1.807, 2.05) is 6.92 Å². The standard InChI is InChI=1S/C14H25NO6/c1-5-6-9-21-12(20)15-14(11(18)19,13(2,3)4)8-7-10(16)17/h5-9H2,1-4H3,(H,15,20)(H,16,17)(H,18,19)/t14-/m0/s1. The number of hydrogen-bond acceptors (Lipinski definition) is 4. The topological polar surface area (TPSA) is 113 Å².